The summed E-state index contributed by atoms with van der Waals surface area (Å²) < 4.78 is 45.8. The smallest absolute Gasteiger partial charge is 0.406 e. The van der Waals surface area contributed by atoms with Crippen molar-refractivity contribution in [1.29, 1.82) is 0 Å². The Bertz CT molecular complexity index is 585. The molecular weight excluding hydrogens is 359 g/mol. The van der Waals surface area contributed by atoms with Gasteiger partial charge in [0, 0.05) is 40.4 Å². The van der Waals surface area contributed by atoms with Gasteiger partial charge in [0.05, 0.1) is 0 Å². The van der Waals surface area contributed by atoms with Crippen molar-refractivity contribution < 1.29 is 22.6 Å². The molecule has 2 rings (SSSR count). The second kappa shape index (κ2) is 10.4. The summed E-state index contributed by atoms with van der Waals surface area (Å²) in [6.45, 7) is 3.28. The third-order valence-electron chi connectivity index (χ3n) is 4.64. The number of hydrogen-bond acceptors (Lipinski definition) is 3. The summed E-state index contributed by atoms with van der Waals surface area (Å²) in [4.78, 5) is 6.41. The van der Waals surface area contributed by atoms with Crippen molar-refractivity contribution in [2.24, 2.45) is 10.9 Å². The zero-order valence-electron chi connectivity index (χ0n) is 15.9. The van der Waals surface area contributed by atoms with Gasteiger partial charge in [-0.2, -0.15) is 0 Å². The standard InChI is InChI=1S/C19H28F3N3O2/c1-23-18(25(2)12-8-16-9-13-26-14-10-16)24-11-7-15-3-5-17(6-4-15)27-19(20,21)22/h3-6,16H,7-14H2,1-2H3,(H,23,24). The molecule has 1 aromatic rings. The molecular formula is C19H28F3N3O2. The maximum Gasteiger partial charge on any atom is 0.573 e. The lowest BCUT2D eigenvalue weighted by molar-refractivity contribution is -0.274. The lowest BCUT2D eigenvalue weighted by Gasteiger charge is -2.26. The molecule has 1 heterocycles. The molecule has 0 unspecified atom stereocenters. The second-order valence-corrected chi connectivity index (χ2v) is 6.68. The van der Waals surface area contributed by atoms with Crippen molar-refractivity contribution in [3.63, 3.8) is 0 Å². The summed E-state index contributed by atoms with van der Waals surface area (Å²) in [5.41, 5.74) is 0.928. The third kappa shape index (κ3) is 8.07. The Morgan fingerprint density at radius 3 is 2.52 bits per heavy atom. The van der Waals surface area contributed by atoms with E-state index in [9.17, 15) is 13.2 Å². The molecule has 0 bridgehead atoms. The number of guanidine groups is 1. The van der Waals surface area contributed by atoms with Gasteiger partial charge in [-0.25, -0.2) is 0 Å². The number of benzene rings is 1. The van der Waals surface area contributed by atoms with Gasteiger partial charge in [-0.05, 0) is 49.3 Å². The molecule has 0 atom stereocenters. The first-order chi connectivity index (χ1) is 12.9. The van der Waals surface area contributed by atoms with Crippen LogP contribution in [0.3, 0.4) is 0 Å². The molecule has 27 heavy (non-hydrogen) atoms. The van der Waals surface area contributed by atoms with Crippen LogP contribution < -0.4 is 10.1 Å². The van der Waals surface area contributed by atoms with Crippen molar-refractivity contribution >= 4 is 5.96 Å². The van der Waals surface area contributed by atoms with Crippen molar-refractivity contribution in [1.82, 2.24) is 10.2 Å². The Labute approximate surface area is 158 Å². The minimum absolute atomic E-state index is 0.206. The van der Waals surface area contributed by atoms with Crippen molar-refractivity contribution in [2.45, 2.75) is 32.0 Å². The van der Waals surface area contributed by atoms with Crippen molar-refractivity contribution in [2.75, 3.05) is 40.4 Å². The molecule has 0 aliphatic carbocycles. The summed E-state index contributed by atoms with van der Waals surface area (Å²) in [6.07, 6.45) is -0.632. The first-order valence-electron chi connectivity index (χ1n) is 9.21. The maximum absolute atomic E-state index is 12.2. The van der Waals surface area contributed by atoms with E-state index in [-0.39, 0.29) is 5.75 Å². The Hall–Kier alpha value is -1.96. The van der Waals surface area contributed by atoms with Gasteiger partial charge < -0.3 is 19.7 Å². The lowest BCUT2D eigenvalue weighted by Crippen LogP contribution is -2.40. The van der Waals surface area contributed by atoms with E-state index < -0.39 is 6.36 Å². The van der Waals surface area contributed by atoms with Crippen LogP contribution >= 0.6 is 0 Å². The van der Waals surface area contributed by atoms with Gasteiger partial charge in [0.15, 0.2) is 5.96 Å². The fraction of sp³-hybridized carbons (Fsp3) is 0.632. The minimum atomic E-state index is -4.66. The van der Waals surface area contributed by atoms with Gasteiger partial charge >= 0.3 is 6.36 Å². The molecule has 1 saturated heterocycles. The topological polar surface area (TPSA) is 46.1 Å². The van der Waals surface area contributed by atoms with Gasteiger partial charge in [0.2, 0.25) is 0 Å². The zero-order valence-corrected chi connectivity index (χ0v) is 15.9. The molecule has 1 aliphatic rings. The lowest BCUT2D eigenvalue weighted by atomic mass is 9.96. The fourth-order valence-electron chi connectivity index (χ4n) is 3.08. The SMILES string of the molecule is CN=C(NCCc1ccc(OC(F)(F)F)cc1)N(C)CCC1CCOCC1. The van der Waals surface area contributed by atoms with Crippen LogP contribution in [0, 0.1) is 5.92 Å². The normalized spacial score (nSPS) is 16.3. The van der Waals surface area contributed by atoms with Crippen LogP contribution in [0.4, 0.5) is 13.2 Å². The van der Waals surface area contributed by atoms with Gasteiger partial charge in [0.1, 0.15) is 5.75 Å². The largest absolute Gasteiger partial charge is 0.573 e. The molecule has 0 radical (unpaired) electrons. The second-order valence-electron chi connectivity index (χ2n) is 6.68. The highest BCUT2D eigenvalue weighted by molar-refractivity contribution is 5.79. The van der Waals surface area contributed by atoms with E-state index in [4.69, 9.17) is 4.74 Å². The summed E-state index contributed by atoms with van der Waals surface area (Å²) in [7, 11) is 3.76. The Morgan fingerprint density at radius 1 is 1.26 bits per heavy atom. The Kier molecular flexibility index (Phi) is 8.22. The number of alkyl halides is 3. The van der Waals surface area contributed by atoms with Crippen LogP contribution in [-0.4, -0.2) is 57.6 Å². The van der Waals surface area contributed by atoms with Crippen LogP contribution in [0.1, 0.15) is 24.8 Å². The molecule has 1 N–H and O–H groups in total. The number of hydrogen-bond donors (Lipinski definition) is 1. The van der Waals surface area contributed by atoms with Crippen LogP contribution in [-0.2, 0) is 11.2 Å². The highest BCUT2D eigenvalue weighted by Gasteiger charge is 2.30. The molecule has 0 amide bonds. The molecule has 5 nitrogen and oxygen atoms in total. The predicted molar refractivity (Wildman–Crippen MR) is 99.0 cm³/mol. The van der Waals surface area contributed by atoms with Crippen LogP contribution in [0.15, 0.2) is 29.3 Å². The zero-order chi connectivity index (χ0) is 19.7. The minimum Gasteiger partial charge on any atom is -0.406 e. The number of nitrogens with zero attached hydrogens (tertiary/aromatic N) is 2. The Morgan fingerprint density at radius 2 is 1.93 bits per heavy atom. The number of rotatable bonds is 7. The van der Waals surface area contributed by atoms with E-state index in [0.717, 1.165) is 50.5 Å². The maximum atomic E-state index is 12.2. The summed E-state index contributed by atoms with van der Waals surface area (Å²) in [5.74, 6) is 1.32. The van der Waals surface area contributed by atoms with E-state index in [1.807, 2.05) is 7.05 Å². The highest BCUT2D eigenvalue weighted by Crippen LogP contribution is 2.22. The highest BCUT2D eigenvalue weighted by atomic mass is 19.4. The first-order valence-corrected chi connectivity index (χ1v) is 9.21. The first kappa shape index (κ1) is 21.3. The van der Waals surface area contributed by atoms with Gasteiger partial charge in [0.25, 0.3) is 0 Å². The van der Waals surface area contributed by atoms with Crippen LogP contribution in [0.25, 0.3) is 0 Å². The Balaban J connectivity index is 1.72. The molecule has 8 heteroatoms. The van der Waals surface area contributed by atoms with Crippen molar-refractivity contribution in [3.05, 3.63) is 29.8 Å². The average Bonchev–Trinajstić information content (AvgIpc) is 2.64. The molecule has 1 aliphatic heterocycles. The molecule has 0 spiro atoms. The molecule has 1 aromatic carbocycles. The quantitative estimate of drug-likeness (QED) is 0.575. The van der Waals surface area contributed by atoms with Gasteiger partial charge in [-0.3, -0.25) is 4.99 Å². The number of ether oxygens (including phenoxy) is 2. The van der Waals surface area contributed by atoms with E-state index >= 15 is 0 Å². The fourth-order valence-corrected chi connectivity index (χ4v) is 3.08. The van der Waals surface area contributed by atoms with Gasteiger partial charge in [-0.1, -0.05) is 12.1 Å². The molecule has 0 aromatic heterocycles. The number of nitrogens with one attached hydrogen (secondary N) is 1. The number of aliphatic imine (C=N–C) groups is 1. The molecule has 1 fully saturated rings. The van der Waals surface area contributed by atoms with Gasteiger partial charge in [-0.15, -0.1) is 13.2 Å². The predicted octanol–water partition coefficient (Wildman–Crippen LogP) is 3.45. The summed E-state index contributed by atoms with van der Waals surface area (Å²) in [6, 6.07) is 5.94. The van der Waals surface area contributed by atoms with E-state index in [2.05, 4.69) is 19.9 Å². The number of halogens is 3. The van der Waals surface area contributed by atoms with E-state index in [1.54, 1.807) is 19.2 Å². The average molecular weight is 387 g/mol. The monoisotopic (exact) mass is 387 g/mol. The van der Waals surface area contributed by atoms with Crippen LogP contribution in [0.5, 0.6) is 5.75 Å². The van der Waals surface area contributed by atoms with E-state index in [1.165, 1.54) is 12.1 Å². The summed E-state index contributed by atoms with van der Waals surface area (Å²) >= 11 is 0. The third-order valence-corrected chi connectivity index (χ3v) is 4.64. The van der Waals surface area contributed by atoms with E-state index in [0.29, 0.717) is 18.9 Å². The molecule has 0 saturated carbocycles. The van der Waals surface area contributed by atoms with Crippen LogP contribution in [0.2, 0.25) is 0 Å². The van der Waals surface area contributed by atoms with Crippen molar-refractivity contribution in [3.8, 4) is 5.75 Å². The molecule has 152 valence electrons. The summed E-state index contributed by atoms with van der Waals surface area (Å²) in [5, 5.41) is 3.30.